The second-order valence-corrected chi connectivity index (χ2v) is 8.53. The normalized spacial score (nSPS) is 18.4. The van der Waals surface area contributed by atoms with Gasteiger partial charge in [0.25, 0.3) is 10.0 Å². The molecule has 25 heavy (non-hydrogen) atoms. The molecule has 0 bridgehead atoms. The second kappa shape index (κ2) is 8.05. The summed E-state index contributed by atoms with van der Waals surface area (Å²) < 4.78 is 28.0. The molecule has 0 unspecified atom stereocenters. The van der Waals surface area contributed by atoms with Gasteiger partial charge in [0.05, 0.1) is 11.4 Å². The van der Waals surface area contributed by atoms with Crippen molar-refractivity contribution < 1.29 is 13.2 Å². The van der Waals surface area contributed by atoms with Crippen molar-refractivity contribution >= 4 is 38.5 Å². The van der Waals surface area contributed by atoms with Gasteiger partial charge in [-0.25, -0.2) is 0 Å². The van der Waals surface area contributed by atoms with Crippen molar-refractivity contribution in [3.05, 3.63) is 35.9 Å². The number of anilines is 1. The zero-order valence-corrected chi connectivity index (χ0v) is 15.5. The average Bonchev–Trinajstić information content (AvgIpc) is 2.60. The Kier molecular flexibility index (Phi) is 5.80. The van der Waals surface area contributed by atoms with Gasteiger partial charge < -0.3 is 10.6 Å². The van der Waals surface area contributed by atoms with Gasteiger partial charge in [0, 0.05) is 6.54 Å². The van der Waals surface area contributed by atoms with Gasteiger partial charge >= 0.3 is 0 Å². The van der Waals surface area contributed by atoms with E-state index >= 15 is 0 Å². The fourth-order valence-corrected chi connectivity index (χ4v) is 4.90. The smallest absolute Gasteiger partial charge is 0.286 e. The minimum atomic E-state index is -3.71. The van der Waals surface area contributed by atoms with Crippen LogP contribution in [0.3, 0.4) is 0 Å². The van der Waals surface area contributed by atoms with Gasteiger partial charge in [-0.1, -0.05) is 35.5 Å². The third-order valence-corrected chi connectivity index (χ3v) is 6.43. The summed E-state index contributed by atoms with van der Waals surface area (Å²) in [6, 6.07) is 6.60. The molecule has 0 atom stereocenters. The van der Waals surface area contributed by atoms with E-state index in [-0.39, 0.29) is 21.7 Å². The third-order valence-electron chi connectivity index (χ3n) is 4.10. The number of carbonyl (C=O) groups excluding carboxylic acids is 1. The highest BCUT2D eigenvalue weighted by Crippen LogP contribution is 2.28. The van der Waals surface area contributed by atoms with Gasteiger partial charge in [-0.3, -0.25) is 4.79 Å². The van der Waals surface area contributed by atoms with E-state index in [1.54, 1.807) is 18.2 Å². The van der Waals surface area contributed by atoms with Crippen molar-refractivity contribution in [2.45, 2.75) is 37.0 Å². The zero-order valence-electron chi connectivity index (χ0n) is 13.8. The van der Waals surface area contributed by atoms with Gasteiger partial charge in [0.1, 0.15) is 4.90 Å². The number of nitrogens with one attached hydrogen (secondary N) is 2. The lowest BCUT2D eigenvalue weighted by Crippen LogP contribution is -2.28. The number of benzene rings is 1. The van der Waals surface area contributed by atoms with E-state index in [9.17, 15) is 13.2 Å². The summed E-state index contributed by atoms with van der Waals surface area (Å²) >= 11 is 1.09. The first-order chi connectivity index (χ1) is 12.0. The molecular weight excluding hydrogens is 358 g/mol. The van der Waals surface area contributed by atoms with Crippen molar-refractivity contribution in [1.82, 2.24) is 5.32 Å². The van der Waals surface area contributed by atoms with Crippen LogP contribution in [0.4, 0.5) is 5.69 Å². The molecule has 3 rings (SSSR count). The molecule has 0 aromatic heterocycles. The predicted molar refractivity (Wildman–Crippen MR) is 101 cm³/mol. The zero-order chi connectivity index (χ0) is 17.7. The van der Waals surface area contributed by atoms with Gasteiger partial charge in [-0.05, 0) is 44.2 Å². The van der Waals surface area contributed by atoms with E-state index in [4.69, 9.17) is 0 Å². The Hall–Kier alpha value is -1.80. The molecule has 0 radical (unpaired) electrons. The van der Waals surface area contributed by atoms with E-state index in [1.165, 1.54) is 24.5 Å². The van der Waals surface area contributed by atoms with Gasteiger partial charge in [-0.2, -0.15) is 8.42 Å². The van der Waals surface area contributed by atoms with Crippen LogP contribution in [0.2, 0.25) is 0 Å². The molecule has 1 heterocycles. The Morgan fingerprint density at radius 2 is 2.12 bits per heavy atom. The van der Waals surface area contributed by atoms with Crippen molar-refractivity contribution in [2.75, 3.05) is 17.6 Å². The minimum Gasteiger partial charge on any atom is -0.355 e. The van der Waals surface area contributed by atoms with E-state index in [0.717, 1.165) is 31.0 Å². The Morgan fingerprint density at radius 3 is 2.92 bits per heavy atom. The summed E-state index contributed by atoms with van der Waals surface area (Å²) in [6.45, 7) is 0.617. The maximum Gasteiger partial charge on any atom is 0.286 e. The van der Waals surface area contributed by atoms with E-state index in [1.807, 2.05) is 0 Å². The number of hydrogen-bond acceptors (Lipinski definition) is 5. The van der Waals surface area contributed by atoms with Crippen LogP contribution in [0.1, 0.15) is 32.1 Å². The maximum absolute atomic E-state index is 12.1. The molecule has 2 N–H and O–H groups in total. The highest BCUT2D eigenvalue weighted by molar-refractivity contribution is 8.15. The van der Waals surface area contributed by atoms with Crippen LogP contribution in [0, 0.1) is 0 Å². The highest BCUT2D eigenvalue weighted by atomic mass is 32.2. The minimum absolute atomic E-state index is 0.123. The molecule has 0 spiro atoms. The van der Waals surface area contributed by atoms with Crippen LogP contribution in [-0.2, 0) is 14.8 Å². The monoisotopic (exact) mass is 379 g/mol. The second-order valence-electron chi connectivity index (χ2n) is 5.99. The SMILES string of the molecule is O=C(CSC1=NS(=O)(=O)c2ccccc2N1)NCCC1=CCCCC1. The molecule has 1 amide bonds. The number of hydrogen-bond donors (Lipinski definition) is 2. The fraction of sp³-hybridized carbons (Fsp3) is 0.412. The number of fused-ring (bicyclic) bond motifs is 1. The molecule has 1 aromatic carbocycles. The summed E-state index contributed by atoms with van der Waals surface area (Å²) in [6.07, 6.45) is 7.92. The van der Waals surface area contributed by atoms with Crippen LogP contribution in [0.15, 0.2) is 45.2 Å². The van der Waals surface area contributed by atoms with Crippen LogP contribution in [0.25, 0.3) is 0 Å². The number of sulfonamides is 1. The number of amides is 1. The lowest BCUT2D eigenvalue weighted by molar-refractivity contribution is -0.118. The van der Waals surface area contributed by atoms with Crippen LogP contribution >= 0.6 is 11.8 Å². The van der Waals surface area contributed by atoms with Crippen LogP contribution in [0.5, 0.6) is 0 Å². The van der Waals surface area contributed by atoms with E-state index in [0.29, 0.717) is 12.2 Å². The molecule has 2 aliphatic rings. The molecule has 6 nitrogen and oxygen atoms in total. The van der Waals surface area contributed by atoms with Gasteiger partial charge in [0.2, 0.25) is 5.91 Å². The summed E-state index contributed by atoms with van der Waals surface area (Å²) in [4.78, 5) is 12.1. The maximum atomic E-state index is 12.1. The summed E-state index contributed by atoms with van der Waals surface area (Å²) in [5.74, 6) is 0.00455. The Bertz CT molecular complexity index is 816. The first kappa shape index (κ1) is 18.0. The first-order valence-corrected chi connectivity index (χ1v) is 10.8. The number of amidine groups is 1. The number of nitrogens with zero attached hydrogens (tertiary/aromatic N) is 1. The Labute approximate surface area is 152 Å². The molecule has 134 valence electrons. The first-order valence-electron chi connectivity index (χ1n) is 8.33. The van der Waals surface area contributed by atoms with Gasteiger partial charge in [0.15, 0.2) is 5.17 Å². The quantitative estimate of drug-likeness (QED) is 0.768. The topological polar surface area (TPSA) is 87.6 Å². The predicted octanol–water partition coefficient (Wildman–Crippen LogP) is 2.90. The molecular formula is C17H21N3O3S2. The highest BCUT2D eigenvalue weighted by Gasteiger charge is 2.24. The molecule has 1 aromatic rings. The van der Waals surface area contributed by atoms with E-state index in [2.05, 4.69) is 21.1 Å². The van der Waals surface area contributed by atoms with Crippen LogP contribution < -0.4 is 10.6 Å². The number of thioether (sulfide) groups is 1. The fourth-order valence-electron chi connectivity index (χ4n) is 2.83. The Morgan fingerprint density at radius 1 is 1.28 bits per heavy atom. The van der Waals surface area contributed by atoms with Crippen molar-refractivity contribution in [1.29, 1.82) is 0 Å². The summed E-state index contributed by atoms with van der Waals surface area (Å²) in [5.41, 5.74) is 1.91. The lowest BCUT2D eigenvalue weighted by Gasteiger charge is -2.17. The van der Waals surface area contributed by atoms with Crippen molar-refractivity contribution in [3.8, 4) is 0 Å². The summed E-state index contributed by atoms with van der Waals surface area (Å²) in [7, 11) is -3.71. The Balaban J connectivity index is 1.48. The van der Waals surface area contributed by atoms with Gasteiger partial charge in [-0.15, -0.1) is 4.40 Å². The molecule has 0 saturated carbocycles. The lowest BCUT2D eigenvalue weighted by atomic mass is 9.97. The van der Waals surface area contributed by atoms with E-state index < -0.39 is 10.0 Å². The van der Waals surface area contributed by atoms with Crippen molar-refractivity contribution in [3.63, 3.8) is 0 Å². The number of rotatable bonds is 5. The molecule has 0 fully saturated rings. The molecule has 1 aliphatic carbocycles. The molecule has 1 aliphatic heterocycles. The number of allylic oxidation sites excluding steroid dienone is 1. The average molecular weight is 380 g/mol. The molecule has 8 heteroatoms. The standard InChI is InChI=1S/C17H21N3O3S2/c21-16(18-11-10-13-6-2-1-3-7-13)12-24-17-19-14-8-4-5-9-15(14)25(22,23)20-17/h4-6,8-9H,1-3,7,10-12H2,(H,18,21)(H,19,20). The molecule has 0 saturated heterocycles. The third kappa shape index (κ3) is 4.85. The summed E-state index contributed by atoms with van der Waals surface area (Å²) in [5, 5.41) is 6.06. The largest absolute Gasteiger partial charge is 0.355 e. The number of carbonyl (C=O) groups is 1. The van der Waals surface area contributed by atoms with Crippen molar-refractivity contribution in [2.24, 2.45) is 4.40 Å². The van der Waals surface area contributed by atoms with Crippen LogP contribution in [-0.4, -0.2) is 31.8 Å². The number of para-hydroxylation sites is 1.